The van der Waals surface area contributed by atoms with Crippen LogP contribution in [0, 0.1) is 0 Å². The van der Waals surface area contributed by atoms with Crippen LogP contribution >= 0.6 is 0 Å². The summed E-state index contributed by atoms with van der Waals surface area (Å²) in [5.41, 5.74) is 5.10. The molecular weight excluding hydrogens is 464 g/mol. The Morgan fingerprint density at radius 1 is 0.421 bits per heavy atom. The Morgan fingerprint density at radius 2 is 0.868 bits per heavy atom. The van der Waals surface area contributed by atoms with Crippen molar-refractivity contribution in [3.63, 3.8) is 0 Å². The van der Waals surface area contributed by atoms with Crippen LogP contribution in [0.5, 0.6) is 0 Å². The van der Waals surface area contributed by atoms with Crippen molar-refractivity contribution in [1.82, 2.24) is 10.6 Å². The third kappa shape index (κ3) is 7.12. The predicted molar refractivity (Wildman–Crippen MR) is 164 cm³/mol. The molecule has 0 saturated carbocycles. The average Bonchev–Trinajstić information content (AvgIpc) is 2.97. The van der Waals surface area contributed by atoms with Crippen molar-refractivity contribution < 1.29 is 0 Å². The molecule has 5 rings (SSSR count). The second kappa shape index (κ2) is 13.6. The number of hydrogen-bond acceptors (Lipinski definition) is 4. The molecule has 4 heteroatoms. The number of rotatable bonds is 14. The normalized spacial score (nSPS) is 11.2. The molecule has 0 aliphatic carbocycles. The van der Waals surface area contributed by atoms with Gasteiger partial charge in [-0.2, -0.15) is 0 Å². The Labute approximate surface area is 226 Å². The molecule has 0 heterocycles. The number of benzene rings is 5. The van der Waals surface area contributed by atoms with Gasteiger partial charge in [0.1, 0.15) is 0 Å². The van der Waals surface area contributed by atoms with E-state index in [4.69, 9.17) is 0 Å². The lowest BCUT2D eigenvalue weighted by Crippen LogP contribution is -2.19. The number of hydrogen-bond donors (Lipinski definition) is 4. The van der Waals surface area contributed by atoms with Gasteiger partial charge in [0, 0.05) is 48.3 Å². The number of fused-ring (bicyclic) bond motifs is 2. The number of nitrogens with one attached hydrogen (secondary N) is 4. The highest BCUT2D eigenvalue weighted by atomic mass is 14.9. The van der Waals surface area contributed by atoms with Crippen molar-refractivity contribution in [1.29, 1.82) is 0 Å². The van der Waals surface area contributed by atoms with Crippen LogP contribution in [0.4, 0.5) is 11.4 Å². The van der Waals surface area contributed by atoms with Crippen molar-refractivity contribution >= 4 is 32.9 Å². The van der Waals surface area contributed by atoms with Crippen LogP contribution in [0.15, 0.2) is 109 Å². The van der Waals surface area contributed by atoms with Crippen molar-refractivity contribution in [2.45, 2.75) is 25.9 Å². The van der Waals surface area contributed by atoms with E-state index in [0.29, 0.717) is 0 Å². The molecule has 0 unspecified atom stereocenters. The van der Waals surface area contributed by atoms with E-state index >= 15 is 0 Å². The average molecular weight is 503 g/mol. The maximum atomic E-state index is 3.60. The van der Waals surface area contributed by atoms with E-state index < -0.39 is 0 Å². The zero-order valence-electron chi connectivity index (χ0n) is 22.0. The third-order valence-electron chi connectivity index (χ3n) is 6.92. The fraction of sp³-hybridized carbons (Fsp3) is 0.235. The van der Waals surface area contributed by atoms with E-state index in [1.807, 2.05) is 0 Å². The highest BCUT2D eigenvalue weighted by Gasteiger charge is 2.01. The predicted octanol–water partition coefficient (Wildman–Crippen LogP) is 7.18. The third-order valence-corrected chi connectivity index (χ3v) is 6.92. The maximum absolute atomic E-state index is 3.60. The molecular formula is C34H38N4. The molecule has 0 bridgehead atoms. The Morgan fingerprint density at radius 3 is 1.39 bits per heavy atom. The van der Waals surface area contributed by atoms with Gasteiger partial charge >= 0.3 is 0 Å². The topological polar surface area (TPSA) is 48.1 Å². The summed E-state index contributed by atoms with van der Waals surface area (Å²) in [6.07, 6.45) is 2.16. The van der Waals surface area contributed by atoms with Crippen LogP contribution in [0.25, 0.3) is 21.5 Å². The van der Waals surface area contributed by atoms with E-state index in [0.717, 1.165) is 52.1 Å². The molecule has 194 valence electrons. The number of anilines is 2. The maximum Gasteiger partial charge on any atom is 0.0419 e. The molecule has 5 aromatic rings. The van der Waals surface area contributed by atoms with Crippen molar-refractivity contribution in [2.75, 3.05) is 36.8 Å². The molecule has 0 radical (unpaired) electrons. The second-order valence-corrected chi connectivity index (χ2v) is 9.79. The summed E-state index contributed by atoms with van der Waals surface area (Å²) < 4.78 is 0. The van der Waals surface area contributed by atoms with Gasteiger partial charge in [0.05, 0.1) is 0 Å². The highest BCUT2D eigenvalue weighted by molar-refractivity contribution is 5.94. The Bertz CT molecular complexity index is 1330. The quantitative estimate of drug-likeness (QED) is 0.122. The van der Waals surface area contributed by atoms with Gasteiger partial charge in [-0.05, 0) is 60.0 Å². The van der Waals surface area contributed by atoms with Crippen molar-refractivity contribution in [2.24, 2.45) is 0 Å². The van der Waals surface area contributed by atoms with Gasteiger partial charge in [0.2, 0.25) is 0 Å². The fourth-order valence-electron chi connectivity index (χ4n) is 4.95. The molecule has 4 N–H and O–H groups in total. The van der Waals surface area contributed by atoms with Crippen LogP contribution in [-0.2, 0) is 13.1 Å². The van der Waals surface area contributed by atoms with Crippen LogP contribution in [0.3, 0.4) is 0 Å². The zero-order chi connectivity index (χ0) is 25.8. The minimum Gasteiger partial charge on any atom is -0.384 e. The fourth-order valence-corrected chi connectivity index (χ4v) is 4.95. The standard InChI is InChI=1S/C34H38N4/c1-3-16-31-29(12-1)14-6-18-33(31)37-22-8-20-35-25-27-10-5-11-28(24-27)26-36-21-9-23-38-34-19-7-15-30-13-2-4-17-32(30)34/h1-7,10-19,24,35-38H,8-9,20-23,25-26H2. The van der Waals surface area contributed by atoms with E-state index in [9.17, 15) is 0 Å². The van der Waals surface area contributed by atoms with Gasteiger partial charge in [0.25, 0.3) is 0 Å². The summed E-state index contributed by atoms with van der Waals surface area (Å²) in [6.45, 7) is 5.70. The van der Waals surface area contributed by atoms with Crippen LogP contribution in [0.1, 0.15) is 24.0 Å². The molecule has 0 atom stereocenters. The van der Waals surface area contributed by atoms with Gasteiger partial charge in [-0.15, -0.1) is 0 Å². The van der Waals surface area contributed by atoms with E-state index in [1.165, 1.54) is 44.0 Å². The minimum absolute atomic E-state index is 0.900. The lowest BCUT2D eigenvalue weighted by molar-refractivity contribution is 0.654. The molecule has 38 heavy (non-hydrogen) atoms. The minimum atomic E-state index is 0.900. The van der Waals surface area contributed by atoms with E-state index in [-0.39, 0.29) is 0 Å². The highest BCUT2D eigenvalue weighted by Crippen LogP contribution is 2.23. The molecule has 0 spiro atoms. The van der Waals surface area contributed by atoms with Crippen molar-refractivity contribution in [3.8, 4) is 0 Å². The SMILES string of the molecule is c1cc(CNCCCNc2cccc3ccccc23)cc(CNCCCNc2cccc3ccccc23)c1. The molecule has 0 aliphatic heterocycles. The van der Waals surface area contributed by atoms with E-state index in [2.05, 4.69) is 130 Å². The summed E-state index contributed by atoms with van der Waals surface area (Å²) in [6, 6.07) is 38.9. The van der Waals surface area contributed by atoms with Crippen LogP contribution in [0.2, 0.25) is 0 Å². The first-order valence-corrected chi connectivity index (χ1v) is 13.8. The molecule has 5 aromatic carbocycles. The zero-order valence-corrected chi connectivity index (χ0v) is 22.0. The molecule has 4 nitrogen and oxygen atoms in total. The molecule has 0 fully saturated rings. The lowest BCUT2D eigenvalue weighted by Gasteiger charge is -2.11. The summed E-state index contributed by atoms with van der Waals surface area (Å²) in [5.74, 6) is 0. The largest absolute Gasteiger partial charge is 0.384 e. The first-order valence-electron chi connectivity index (χ1n) is 13.8. The Balaban J connectivity index is 0.963. The summed E-state index contributed by atoms with van der Waals surface area (Å²) in [4.78, 5) is 0. The monoisotopic (exact) mass is 502 g/mol. The summed E-state index contributed by atoms with van der Waals surface area (Å²) in [7, 11) is 0. The molecule has 0 amide bonds. The van der Waals surface area contributed by atoms with Gasteiger partial charge in [-0.25, -0.2) is 0 Å². The first kappa shape index (κ1) is 25.8. The van der Waals surface area contributed by atoms with Crippen molar-refractivity contribution in [3.05, 3.63) is 120 Å². The smallest absolute Gasteiger partial charge is 0.0419 e. The van der Waals surface area contributed by atoms with Crippen LogP contribution in [-0.4, -0.2) is 26.2 Å². The molecule has 0 aromatic heterocycles. The molecule has 0 aliphatic rings. The summed E-state index contributed by atoms with van der Waals surface area (Å²) >= 11 is 0. The second-order valence-electron chi connectivity index (χ2n) is 9.79. The first-order chi connectivity index (χ1) is 18.9. The molecule has 0 saturated heterocycles. The Kier molecular flexibility index (Phi) is 9.24. The lowest BCUT2D eigenvalue weighted by atomic mass is 10.1. The van der Waals surface area contributed by atoms with Gasteiger partial charge < -0.3 is 21.3 Å². The van der Waals surface area contributed by atoms with Gasteiger partial charge in [-0.3, -0.25) is 0 Å². The van der Waals surface area contributed by atoms with E-state index in [1.54, 1.807) is 0 Å². The Hall–Kier alpha value is -3.86. The van der Waals surface area contributed by atoms with Gasteiger partial charge in [-0.1, -0.05) is 97.1 Å². The van der Waals surface area contributed by atoms with Crippen LogP contribution < -0.4 is 21.3 Å². The summed E-state index contributed by atoms with van der Waals surface area (Å²) in [5, 5.41) is 19.5. The van der Waals surface area contributed by atoms with Gasteiger partial charge in [0.15, 0.2) is 0 Å².